The van der Waals surface area contributed by atoms with Crippen molar-refractivity contribution in [2.75, 3.05) is 37.5 Å². The molecule has 5 heteroatoms. The number of hydrogen-bond acceptors (Lipinski definition) is 4. The summed E-state index contributed by atoms with van der Waals surface area (Å²) in [5.74, 6) is 1.39. The van der Waals surface area contributed by atoms with Crippen molar-refractivity contribution >= 4 is 17.3 Å². The molecule has 1 heterocycles. The fourth-order valence-electron chi connectivity index (χ4n) is 3.03. The highest BCUT2D eigenvalue weighted by molar-refractivity contribution is 5.98. The van der Waals surface area contributed by atoms with Crippen LogP contribution in [0.25, 0.3) is 0 Å². The van der Waals surface area contributed by atoms with E-state index in [0.29, 0.717) is 11.5 Å². The second-order valence-corrected chi connectivity index (χ2v) is 5.80. The number of nitrogens with one attached hydrogen (secondary N) is 1. The average molecular weight is 326 g/mol. The Morgan fingerprint density at radius 2 is 1.88 bits per heavy atom. The Balaban J connectivity index is 1.71. The van der Waals surface area contributed by atoms with Gasteiger partial charge in [0.15, 0.2) is 11.5 Å². The molecule has 2 aromatic rings. The second kappa shape index (κ2) is 6.83. The molecule has 0 unspecified atom stereocenters. The van der Waals surface area contributed by atoms with Gasteiger partial charge < -0.3 is 19.7 Å². The van der Waals surface area contributed by atoms with Crippen LogP contribution in [0.2, 0.25) is 0 Å². The van der Waals surface area contributed by atoms with E-state index in [1.54, 1.807) is 14.2 Å². The van der Waals surface area contributed by atoms with Crippen LogP contribution < -0.4 is 19.7 Å². The molecular formula is C19H22N2O3. The van der Waals surface area contributed by atoms with Crippen molar-refractivity contribution < 1.29 is 14.3 Å². The molecule has 1 aliphatic heterocycles. The van der Waals surface area contributed by atoms with Gasteiger partial charge in [0.2, 0.25) is 5.91 Å². The standard InChI is InChI=1S/C19H22N2O3/c1-13-10-17(23-2)18(24-3)11-15(13)20-12-19(22)21-9-8-14-6-4-5-7-16(14)21/h4-7,10-11,20H,8-9,12H2,1-3H3. The highest BCUT2D eigenvalue weighted by Gasteiger charge is 2.23. The van der Waals surface area contributed by atoms with Gasteiger partial charge in [0.05, 0.1) is 20.8 Å². The van der Waals surface area contributed by atoms with Gasteiger partial charge in [-0.1, -0.05) is 18.2 Å². The van der Waals surface area contributed by atoms with E-state index in [0.717, 1.165) is 29.9 Å². The molecule has 1 aliphatic rings. The highest BCUT2D eigenvalue weighted by atomic mass is 16.5. The first-order valence-corrected chi connectivity index (χ1v) is 7.99. The van der Waals surface area contributed by atoms with Gasteiger partial charge in [0.25, 0.3) is 0 Å². The molecule has 0 aromatic heterocycles. The number of nitrogens with zero attached hydrogens (tertiary/aromatic N) is 1. The van der Waals surface area contributed by atoms with Crippen LogP contribution in [0.4, 0.5) is 11.4 Å². The van der Waals surface area contributed by atoms with Crippen molar-refractivity contribution in [3.63, 3.8) is 0 Å². The Kier molecular flexibility index (Phi) is 4.60. The Hall–Kier alpha value is -2.69. The summed E-state index contributed by atoms with van der Waals surface area (Å²) in [4.78, 5) is 14.4. The monoisotopic (exact) mass is 326 g/mol. The van der Waals surface area contributed by atoms with Gasteiger partial charge in [-0.15, -0.1) is 0 Å². The average Bonchev–Trinajstić information content (AvgIpc) is 3.04. The maximum atomic E-state index is 12.6. The Morgan fingerprint density at radius 3 is 2.62 bits per heavy atom. The second-order valence-electron chi connectivity index (χ2n) is 5.80. The fourth-order valence-corrected chi connectivity index (χ4v) is 3.03. The summed E-state index contributed by atoms with van der Waals surface area (Å²) in [6.07, 6.45) is 0.914. The van der Waals surface area contributed by atoms with Gasteiger partial charge in [-0.05, 0) is 36.6 Å². The molecule has 3 rings (SSSR count). The minimum absolute atomic E-state index is 0.0640. The number of hydrogen-bond donors (Lipinski definition) is 1. The van der Waals surface area contributed by atoms with E-state index in [9.17, 15) is 4.79 Å². The summed E-state index contributed by atoms with van der Waals surface area (Å²) in [6.45, 7) is 2.95. The number of carbonyl (C=O) groups is 1. The first-order chi connectivity index (χ1) is 11.6. The number of fused-ring (bicyclic) bond motifs is 1. The van der Waals surface area contributed by atoms with Gasteiger partial charge in [-0.3, -0.25) is 4.79 Å². The predicted octanol–water partition coefficient (Wildman–Crippen LogP) is 3.01. The maximum Gasteiger partial charge on any atom is 0.246 e. The Morgan fingerprint density at radius 1 is 1.17 bits per heavy atom. The zero-order chi connectivity index (χ0) is 17.1. The third-order valence-electron chi connectivity index (χ3n) is 4.35. The molecule has 1 N–H and O–H groups in total. The molecule has 2 aromatic carbocycles. The summed E-state index contributed by atoms with van der Waals surface area (Å²) in [5.41, 5.74) is 4.12. The molecule has 5 nitrogen and oxygen atoms in total. The van der Waals surface area contributed by atoms with Gasteiger partial charge in [0.1, 0.15) is 0 Å². The summed E-state index contributed by atoms with van der Waals surface area (Å²) in [5, 5.41) is 3.22. The van der Waals surface area contributed by atoms with Gasteiger partial charge in [-0.25, -0.2) is 0 Å². The predicted molar refractivity (Wildman–Crippen MR) is 95.3 cm³/mol. The van der Waals surface area contributed by atoms with Gasteiger partial charge in [0, 0.05) is 24.0 Å². The van der Waals surface area contributed by atoms with E-state index in [1.807, 2.05) is 42.2 Å². The van der Waals surface area contributed by atoms with Crippen LogP contribution >= 0.6 is 0 Å². The lowest BCUT2D eigenvalue weighted by Gasteiger charge is -2.19. The number of para-hydroxylation sites is 1. The SMILES string of the molecule is COc1cc(C)c(NCC(=O)N2CCc3ccccc32)cc1OC. The first-order valence-electron chi connectivity index (χ1n) is 7.99. The highest BCUT2D eigenvalue weighted by Crippen LogP contribution is 2.33. The van der Waals surface area contributed by atoms with E-state index in [2.05, 4.69) is 11.4 Å². The minimum Gasteiger partial charge on any atom is -0.493 e. The van der Waals surface area contributed by atoms with E-state index < -0.39 is 0 Å². The molecule has 0 radical (unpaired) electrons. The zero-order valence-corrected chi connectivity index (χ0v) is 14.3. The molecule has 0 spiro atoms. The number of ether oxygens (including phenoxy) is 2. The molecule has 0 saturated heterocycles. The number of methoxy groups -OCH3 is 2. The lowest BCUT2D eigenvalue weighted by Crippen LogP contribution is -2.34. The first kappa shape index (κ1) is 16.2. The Bertz CT molecular complexity index is 758. The fraction of sp³-hybridized carbons (Fsp3) is 0.316. The van der Waals surface area contributed by atoms with Crippen molar-refractivity contribution in [2.45, 2.75) is 13.3 Å². The quantitative estimate of drug-likeness (QED) is 0.918. The van der Waals surface area contributed by atoms with Crippen LogP contribution in [-0.4, -0.2) is 33.2 Å². The van der Waals surface area contributed by atoms with E-state index in [-0.39, 0.29) is 12.5 Å². The summed E-state index contributed by atoms with van der Waals surface area (Å²) in [6, 6.07) is 11.8. The van der Waals surface area contributed by atoms with Crippen LogP contribution in [0.15, 0.2) is 36.4 Å². The lowest BCUT2D eigenvalue weighted by molar-refractivity contribution is -0.116. The van der Waals surface area contributed by atoms with Crippen molar-refractivity contribution in [3.05, 3.63) is 47.5 Å². The van der Waals surface area contributed by atoms with Crippen LogP contribution in [-0.2, 0) is 11.2 Å². The number of aryl methyl sites for hydroxylation is 1. The topological polar surface area (TPSA) is 50.8 Å². The van der Waals surface area contributed by atoms with Gasteiger partial charge in [-0.2, -0.15) is 0 Å². The normalized spacial score (nSPS) is 12.7. The summed E-state index contributed by atoms with van der Waals surface area (Å²) in [7, 11) is 3.21. The van der Waals surface area contributed by atoms with Gasteiger partial charge >= 0.3 is 0 Å². The van der Waals surface area contributed by atoms with Crippen molar-refractivity contribution in [1.82, 2.24) is 0 Å². The number of rotatable bonds is 5. The molecular weight excluding hydrogens is 304 g/mol. The van der Waals surface area contributed by atoms with Crippen molar-refractivity contribution in [1.29, 1.82) is 0 Å². The molecule has 1 amide bonds. The molecule has 126 valence electrons. The molecule has 0 aliphatic carbocycles. The Labute approximate surface area is 142 Å². The molecule has 0 saturated carbocycles. The molecule has 0 bridgehead atoms. The van der Waals surface area contributed by atoms with Crippen LogP contribution in [0.3, 0.4) is 0 Å². The molecule has 0 fully saturated rings. The summed E-state index contributed by atoms with van der Waals surface area (Å²) >= 11 is 0. The number of anilines is 2. The number of carbonyl (C=O) groups excluding carboxylic acids is 1. The van der Waals surface area contributed by atoms with E-state index in [1.165, 1.54) is 5.56 Å². The molecule has 24 heavy (non-hydrogen) atoms. The zero-order valence-electron chi connectivity index (χ0n) is 14.3. The third-order valence-corrected chi connectivity index (χ3v) is 4.35. The van der Waals surface area contributed by atoms with Crippen LogP contribution in [0.1, 0.15) is 11.1 Å². The van der Waals surface area contributed by atoms with Crippen LogP contribution in [0, 0.1) is 6.92 Å². The number of amides is 1. The smallest absolute Gasteiger partial charge is 0.246 e. The largest absolute Gasteiger partial charge is 0.493 e. The van der Waals surface area contributed by atoms with Crippen LogP contribution in [0.5, 0.6) is 11.5 Å². The summed E-state index contributed by atoms with van der Waals surface area (Å²) < 4.78 is 10.6. The van der Waals surface area contributed by atoms with E-state index in [4.69, 9.17) is 9.47 Å². The molecule has 0 atom stereocenters. The maximum absolute atomic E-state index is 12.6. The van der Waals surface area contributed by atoms with Crippen molar-refractivity contribution in [3.8, 4) is 11.5 Å². The van der Waals surface area contributed by atoms with E-state index >= 15 is 0 Å². The van der Waals surface area contributed by atoms with Crippen molar-refractivity contribution in [2.24, 2.45) is 0 Å². The lowest BCUT2D eigenvalue weighted by atomic mass is 10.1. The third kappa shape index (κ3) is 3.02. The number of benzene rings is 2. The minimum atomic E-state index is 0.0640.